The quantitative estimate of drug-likeness (QED) is 0.267. The van der Waals surface area contributed by atoms with E-state index in [9.17, 15) is 4.79 Å². The molecule has 152 valence electrons. The summed E-state index contributed by atoms with van der Waals surface area (Å²) in [5.41, 5.74) is 4.38. The minimum atomic E-state index is -0.362. The summed E-state index contributed by atoms with van der Waals surface area (Å²) in [7, 11) is 0. The van der Waals surface area contributed by atoms with Gasteiger partial charge in [-0.25, -0.2) is 9.47 Å². The number of benzene rings is 2. The van der Waals surface area contributed by atoms with Crippen molar-refractivity contribution in [3.8, 4) is 11.4 Å². The van der Waals surface area contributed by atoms with E-state index in [0.717, 1.165) is 30.2 Å². The number of hydrogen-bond donors (Lipinski definition) is 1. The second-order valence-corrected chi connectivity index (χ2v) is 8.94. The molecule has 0 amide bonds. The van der Waals surface area contributed by atoms with E-state index in [1.165, 1.54) is 33.6 Å². The Morgan fingerprint density at radius 1 is 1.10 bits per heavy atom. The van der Waals surface area contributed by atoms with Crippen LogP contribution in [0.25, 0.3) is 22.4 Å². The number of nitrogen functional groups attached to an aromatic ring is 1. The summed E-state index contributed by atoms with van der Waals surface area (Å²) in [6, 6.07) is 10.8. The molecule has 0 spiro atoms. The first-order valence-corrected chi connectivity index (χ1v) is 11.1. The van der Waals surface area contributed by atoms with Gasteiger partial charge in [-0.05, 0) is 66.3 Å². The van der Waals surface area contributed by atoms with Crippen LogP contribution in [-0.4, -0.2) is 14.9 Å². The van der Waals surface area contributed by atoms with Gasteiger partial charge in [-0.1, -0.05) is 35.0 Å². The minimum Gasteiger partial charge on any atom is -0.423 e. The third kappa shape index (κ3) is 3.47. The molecule has 4 aromatic rings. The van der Waals surface area contributed by atoms with Crippen LogP contribution in [0.2, 0.25) is 10.0 Å². The third-order valence-electron chi connectivity index (χ3n) is 5.24. The molecule has 2 aromatic carbocycles. The van der Waals surface area contributed by atoms with E-state index in [1.807, 2.05) is 6.07 Å². The van der Waals surface area contributed by atoms with E-state index in [-0.39, 0.29) is 5.63 Å². The van der Waals surface area contributed by atoms with Gasteiger partial charge in [0.2, 0.25) is 5.16 Å². The summed E-state index contributed by atoms with van der Waals surface area (Å²) >= 11 is 13.6. The summed E-state index contributed by atoms with van der Waals surface area (Å²) in [5.74, 6) is 7.17. The predicted octanol–water partition coefficient (Wildman–Crippen LogP) is 4.85. The fourth-order valence-electron chi connectivity index (χ4n) is 3.79. The zero-order valence-corrected chi connectivity index (χ0v) is 18.0. The fraction of sp³-hybridized carbons (Fsp3) is 0.190. The van der Waals surface area contributed by atoms with Crippen molar-refractivity contribution in [2.45, 2.75) is 30.2 Å². The van der Waals surface area contributed by atoms with E-state index in [2.05, 4.69) is 16.3 Å². The summed E-state index contributed by atoms with van der Waals surface area (Å²) in [5, 5.41) is 10.8. The highest BCUT2D eigenvalue weighted by molar-refractivity contribution is 7.98. The summed E-state index contributed by atoms with van der Waals surface area (Å²) < 4.78 is 6.83. The number of thioether (sulfide) groups is 1. The van der Waals surface area contributed by atoms with Gasteiger partial charge < -0.3 is 10.3 Å². The van der Waals surface area contributed by atoms with Crippen LogP contribution in [0.15, 0.2) is 50.8 Å². The maximum atomic E-state index is 12.1. The molecule has 0 bridgehead atoms. The molecule has 0 saturated carbocycles. The lowest BCUT2D eigenvalue weighted by Gasteiger charge is -2.08. The lowest BCUT2D eigenvalue weighted by molar-refractivity contribution is 0.559. The predicted molar refractivity (Wildman–Crippen MR) is 120 cm³/mol. The smallest absolute Gasteiger partial charge is 0.336 e. The summed E-state index contributed by atoms with van der Waals surface area (Å²) in [6.45, 7) is 0. The zero-order chi connectivity index (χ0) is 20.8. The first kappa shape index (κ1) is 19.5. The third-order valence-corrected chi connectivity index (χ3v) is 6.78. The number of fused-ring (bicyclic) bond motifs is 2. The summed E-state index contributed by atoms with van der Waals surface area (Å²) in [4.78, 5) is 12.1. The second-order valence-electron chi connectivity index (χ2n) is 7.15. The molecule has 2 heterocycles. The van der Waals surface area contributed by atoms with E-state index >= 15 is 0 Å². The lowest BCUT2D eigenvalue weighted by atomic mass is 10.0. The van der Waals surface area contributed by atoms with Crippen LogP contribution in [0.1, 0.15) is 23.1 Å². The van der Waals surface area contributed by atoms with Crippen molar-refractivity contribution < 1.29 is 4.42 Å². The molecular formula is C21H16Cl2N4O2S. The van der Waals surface area contributed by atoms with Crippen LogP contribution in [0.4, 0.5) is 0 Å². The summed E-state index contributed by atoms with van der Waals surface area (Å²) in [6.07, 6.45) is 3.21. The van der Waals surface area contributed by atoms with Gasteiger partial charge >= 0.3 is 5.63 Å². The first-order chi connectivity index (χ1) is 14.5. The van der Waals surface area contributed by atoms with Crippen LogP contribution >= 0.6 is 35.0 Å². The first-order valence-electron chi connectivity index (χ1n) is 9.37. The van der Waals surface area contributed by atoms with Gasteiger partial charge in [-0.3, -0.25) is 0 Å². The zero-order valence-electron chi connectivity index (χ0n) is 15.7. The van der Waals surface area contributed by atoms with Crippen LogP contribution in [0.3, 0.4) is 0 Å². The molecule has 1 aliphatic carbocycles. The molecule has 30 heavy (non-hydrogen) atoms. The fourth-order valence-corrected chi connectivity index (χ4v) is 5.13. The van der Waals surface area contributed by atoms with Crippen molar-refractivity contribution in [3.05, 3.63) is 73.6 Å². The molecule has 0 fully saturated rings. The molecule has 1 aliphatic rings. The average molecular weight is 459 g/mol. The Hall–Kier alpha value is -2.48. The maximum Gasteiger partial charge on any atom is 0.336 e. The molecule has 2 aromatic heterocycles. The number of halogens is 2. The van der Waals surface area contributed by atoms with Crippen LogP contribution in [0, 0.1) is 0 Å². The number of hydrogen-bond acceptors (Lipinski definition) is 6. The van der Waals surface area contributed by atoms with Crippen molar-refractivity contribution in [1.82, 2.24) is 14.9 Å². The second kappa shape index (κ2) is 7.65. The molecule has 5 rings (SSSR count). The Morgan fingerprint density at radius 2 is 1.90 bits per heavy atom. The van der Waals surface area contributed by atoms with E-state index in [0.29, 0.717) is 37.9 Å². The van der Waals surface area contributed by atoms with Crippen molar-refractivity contribution in [1.29, 1.82) is 0 Å². The Bertz CT molecular complexity index is 1350. The standard InChI is InChI=1S/C21H16Cl2N4O2S/c22-14-4-5-15(17(23)9-14)20-25-26-21(27(20)24)30-10-13-8-19(28)29-18-7-12-3-1-2-11(12)6-16(13)18/h4-9H,1-3,10,24H2. The molecule has 0 unspecified atom stereocenters. The molecule has 0 atom stereocenters. The SMILES string of the molecule is Nn1c(SCc2cc(=O)oc3cc4c(cc23)CCC4)nnc1-c1ccc(Cl)cc1Cl. The molecule has 9 heteroatoms. The molecule has 2 N–H and O–H groups in total. The normalized spacial score (nSPS) is 13.1. The lowest BCUT2D eigenvalue weighted by Crippen LogP contribution is -2.12. The number of nitrogens with two attached hydrogens (primary N) is 1. The Kier molecular flexibility index (Phi) is 4.97. The Balaban J connectivity index is 1.46. The number of aromatic nitrogens is 3. The molecule has 0 saturated heterocycles. The monoisotopic (exact) mass is 458 g/mol. The van der Waals surface area contributed by atoms with Gasteiger partial charge in [0, 0.05) is 27.8 Å². The molecular weight excluding hydrogens is 443 g/mol. The van der Waals surface area contributed by atoms with E-state index < -0.39 is 0 Å². The van der Waals surface area contributed by atoms with E-state index in [1.54, 1.807) is 18.2 Å². The van der Waals surface area contributed by atoms with Gasteiger partial charge in [0.15, 0.2) is 5.82 Å². The van der Waals surface area contributed by atoms with E-state index in [4.69, 9.17) is 33.5 Å². The van der Waals surface area contributed by atoms with Gasteiger partial charge in [0.05, 0.1) is 5.02 Å². The van der Waals surface area contributed by atoms with Crippen LogP contribution < -0.4 is 11.5 Å². The average Bonchev–Trinajstić information content (AvgIpc) is 3.31. The van der Waals surface area contributed by atoms with Crippen LogP contribution in [0.5, 0.6) is 0 Å². The Labute approximate surface area is 186 Å². The number of aryl methyl sites for hydroxylation is 2. The Morgan fingerprint density at radius 3 is 2.70 bits per heavy atom. The highest BCUT2D eigenvalue weighted by Crippen LogP contribution is 2.33. The molecule has 0 radical (unpaired) electrons. The molecule has 6 nitrogen and oxygen atoms in total. The van der Waals surface area contributed by atoms with Gasteiger partial charge in [-0.2, -0.15) is 0 Å². The van der Waals surface area contributed by atoms with Gasteiger partial charge in [0.25, 0.3) is 0 Å². The highest BCUT2D eigenvalue weighted by atomic mass is 35.5. The highest BCUT2D eigenvalue weighted by Gasteiger charge is 2.18. The number of rotatable bonds is 4. The largest absolute Gasteiger partial charge is 0.423 e. The van der Waals surface area contributed by atoms with Gasteiger partial charge in [0.1, 0.15) is 5.58 Å². The maximum absolute atomic E-state index is 12.1. The van der Waals surface area contributed by atoms with Crippen molar-refractivity contribution >= 4 is 45.9 Å². The topological polar surface area (TPSA) is 86.9 Å². The minimum absolute atomic E-state index is 0.362. The van der Waals surface area contributed by atoms with Crippen LogP contribution in [-0.2, 0) is 18.6 Å². The van der Waals surface area contributed by atoms with Crippen molar-refractivity contribution in [3.63, 3.8) is 0 Å². The van der Waals surface area contributed by atoms with Crippen molar-refractivity contribution in [2.24, 2.45) is 0 Å². The number of nitrogens with zero attached hydrogens (tertiary/aromatic N) is 3. The van der Waals surface area contributed by atoms with Gasteiger partial charge in [-0.15, -0.1) is 10.2 Å². The van der Waals surface area contributed by atoms with Crippen molar-refractivity contribution in [2.75, 3.05) is 5.84 Å². The molecule has 0 aliphatic heterocycles.